The zero-order chi connectivity index (χ0) is 12.9. The van der Waals surface area contributed by atoms with E-state index in [9.17, 15) is 4.39 Å². The molecule has 1 N–H and O–H groups in total. The van der Waals surface area contributed by atoms with Gasteiger partial charge in [-0.15, -0.1) is 0 Å². The monoisotopic (exact) mass is 254 g/mol. The van der Waals surface area contributed by atoms with E-state index in [1.54, 1.807) is 6.07 Å². The highest BCUT2D eigenvalue weighted by atomic mass is 35.5. The first kappa shape index (κ1) is 14.0. The molecule has 0 saturated carbocycles. The van der Waals surface area contributed by atoms with Crippen LogP contribution >= 0.6 is 11.6 Å². The molecule has 0 bridgehead atoms. The third-order valence-corrected chi connectivity index (χ3v) is 2.68. The molecule has 4 heteroatoms. The highest BCUT2D eigenvalue weighted by Crippen LogP contribution is 2.15. The van der Waals surface area contributed by atoms with Gasteiger partial charge in [-0.05, 0) is 50.6 Å². The number of halogens is 2. The Labute approximate surface area is 106 Å². The van der Waals surface area contributed by atoms with E-state index in [1.807, 2.05) is 13.8 Å². The summed E-state index contributed by atoms with van der Waals surface area (Å²) in [5.41, 5.74) is 0.201. The average Bonchev–Trinajstić information content (AvgIpc) is 2.29. The minimum Gasteiger partial charge on any atom is -0.315 e. The minimum absolute atomic E-state index is 0.240. The molecule has 0 aromatic heterocycles. The van der Waals surface area contributed by atoms with Gasteiger partial charge in [0.05, 0.1) is 11.5 Å². The Bertz CT molecular complexity index is 424. The Morgan fingerprint density at radius 3 is 2.82 bits per heavy atom. The Balaban J connectivity index is 2.42. The SMILES string of the molecule is CC(C)(C#N)CNCCc1cc(Cl)ccc1F. The third kappa shape index (κ3) is 4.72. The van der Waals surface area contributed by atoms with Crippen molar-refractivity contribution in [3.63, 3.8) is 0 Å². The molecule has 0 radical (unpaired) electrons. The van der Waals surface area contributed by atoms with Crippen LogP contribution in [0.2, 0.25) is 5.02 Å². The maximum Gasteiger partial charge on any atom is 0.126 e. The van der Waals surface area contributed by atoms with Gasteiger partial charge < -0.3 is 5.32 Å². The number of hydrogen-bond donors (Lipinski definition) is 1. The van der Waals surface area contributed by atoms with Crippen molar-refractivity contribution < 1.29 is 4.39 Å². The number of hydrogen-bond acceptors (Lipinski definition) is 2. The van der Waals surface area contributed by atoms with E-state index < -0.39 is 5.41 Å². The second kappa shape index (κ2) is 6.00. The summed E-state index contributed by atoms with van der Waals surface area (Å²) in [6.07, 6.45) is 0.563. The van der Waals surface area contributed by atoms with Gasteiger partial charge in [-0.3, -0.25) is 0 Å². The Morgan fingerprint density at radius 2 is 2.18 bits per heavy atom. The standard InChI is InChI=1S/C13H16ClFN2/c1-13(2,8-16)9-17-6-5-10-7-11(14)3-4-12(10)15/h3-4,7,17H,5-6,9H2,1-2H3. The molecule has 0 unspecified atom stereocenters. The van der Waals surface area contributed by atoms with Crippen LogP contribution in [0.25, 0.3) is 0 Å². The summed E-state index contributed by atoms with van der Waals surface area (Å²) < 4.78 is 13.4. The van der Waals surface area contributed by atoms with E-state index in [-0.39, 0.29) is 5.82 Å². The smallest absolute Gasteiger partial charge is 0.126 e. The number of nitriles is 1. The zero-order valence-corrected chi connectivity index (χ0v) is 10.8. The number of nitrogens with one attached hydrogen (secondary N) is 1. The molecule has 17 heavy (non-hydrogen) atoms. The second-order valence-corrected chi connectivity index (χ2v) is 5.09. The lowest BCUT2D eigenvalue weighted by Crippen LogP contribution is -2.29. The van der Waals surface area contributed by atoms with Crippen molar-refractivity contribution in [1.82, 2.24) is 5.32 Å². The highest BCUT2D eigenvalue weighted by molar-refractivity contribution is 6.30. The number of rotatable bonds is 5. The summed E-state index contributed by atoms with van der Waals surface area (Å²) >= 11 is 5.79. The minimum atomic E-state index is -0.396. The predicted molar refractivity (Wildman–Crippen MR) is 67.4 cm³/mol. The van der Waals surface area contributed by atoms with Crippen LogP contribution in [-0.2, 0) is 6.42 Å². The quantitative estimate of drug-likeness (QED) is 0.820. The van der Waals surface area contributed by atoms with E-state index in [0.717, 1.165) is 0 Å². The summed E-state index contributed by atoms with van der Waals surface area (Å²) in [5.74, 6) is -0.240. The van der Waals surface area contributed by atoms with Gasteiger partial charge in [-0.1, -0.05) is 11.6 Å². The van der Waals surface area contributed by atoms with Gasteiger partial charge in [0.2, 0.25) is 0 Å². The predicted octanol–water partition coefficient (Wildman–Crippen LogP) is 3.16. The van der Waals surface area contributed by atoms with Crippen LogP contribution in [0.4, 0.5) is 4.39 Å². The van der Waals surface area contributed by atoms with Crippen molar-refractivity contribution in [2.24, 2.45) is 5.41 Å². The van der Waals surface area contributed by atoms with Crippen molar-refractivity contribution in [1.29, 1.82) is 5.26 Å². The van der Waals surface area contributed by atoms with Gasteiger partial charge in [0, 0.05) is 11.6 Å². The second-order valence-electron chi connectivity index (χ2n) is 4.66. The normalized spacial score (nSPS) is 11.2. The summed E-state index contributed by atoms with van der Waals surface area (Å²) in [4.78, 5) is 0. The number of benzene rings is 1. The van der Waals surface area contributed by atoms with Gasteiger partial charge in [0.1, 0.15) is 5.82 Å². The van der Waals surface area contributed by atoms with Gasteiger partial charge in [-0.2, -0.15) is 5.26 Å². The van der Waals surface area contributed by atoms with E-state index >= 15 is 0 Å². The molecule has 0 atom stereocenters. The van der Waals surface area contributed by atoms with Crippen LogP contribution in [0.5, 0.6) is 0 Å². The molecule has 0 amide bonds. The maximum absolute atomic E-state index is 13.4. The van der Waals surface area contributed by atoms with E-state index in [0.29, 0.717) is 30.1 Å². The lowest BCUT2D eigenvalue weighted by molar-refractivity contribution is 0.446. The van der Waals surface area contributed by atoms with E-state index in [1.165, 1.54) is 12.1 Å². The third-order valence-electron chi connectivity index (χ3n) is 2.45. The largest absolute Gasteiger partial charge is 0.315 e. The molecule has 0 aliphatic rings. The van der Waals surface area contributed by atoms with Crippen LogP contribution < -0.4 is 5.32 Å². The topological polar surface area (TPSA) is 35.8 Å². The van der Waals surface area contributed by atoms with Crippen molar-refractivity contribution in [3.8, 4) is 6.07 Å². The first-order valence-corrected chi connectivity index (χ1v) is 5.88. The van der Waals surface area contributed by atoms with Crippen LogP contribution in [0.3, 0.4) is 0 Å². The molecule has 1 aromatic carbocycles. The van der Waals surface area contributed by atoms with Crippen molar-refractivity contribution >= 4 is 11.6 Å². The Morgan fingerprint density at radius 1 is 1.47 bits per heavy atom. The summed E-state index contributed by atoms with van der Waals surface area (Å²) in [6.45, 7) is 4.94. The fraction of sp³-hybridized carbons (Fsp3) is 0.462. The first-order valence-electron chi connectivity index (χ1n) is 5.50. The van der Waals surface area contributed by atoms with Gasteiger partial charge in [0.25, 0.3) is 0 Å². The fourth-order valence-corrected chi connectivity index (χ4v) is 1.59. The molecule has 1 rings (SSSR count). The summed E-state index contributed by atoms with van der Waals surface area (Å²) in [7, 11) is 0. The molecule has 0 heterocycles. The van der Waals surface area contributed by atoms with Crippen molar-refractivity contribution in [2.45, 2.75) is 20.3 Å². The molecule has 0 aliphatic carbocycles. The van der Waals surface area contributed by atoms with E-state index in [2.05, 4.69) is 11.4 Å². The lowest BCUT2D eigenvalue weighted by Gasteiger charge is -2.15. The average molecular weight is 255 g/mol. The van der Waals surface area contributed by atoms with Crippen molar-refractivity contribution in [2.75, 3.05) is 13.1 Å². The summed E-state index contributed by atoms with van der Waals surface area (Å²) in [6, 6.07) is 6.74. The molecule has 92 valence electrons. The van der Waals surface area contributed by atoms with Crippen LogP contribution in [-0.4, -0.2) is 13.1 Å². The molecule has 2 nitrogen and oxygen atoms in total. The lowest BCUT2D eigenvalue weighted by atomic mass is 9.96. The van der Waals surface area contributed by atoms with Crippen LogP contribution in [0, 0.1) is 22.6 Å². The summed E-state index contributed by atoms with van der Waals surface area (Å²) in [5, 5.41) is 12.5. The number of nitrogens with zero attached hydrogens (tertiary/aromatic N) is 1. The Hall–Kier alpha value is -1.11. The molecule has 0 fully saturated rings. The molecule has 0 saturated heterocycles. The maximum atomic E-state index is 13.4. The molecular formula is C13H16ClFN2. The molecule has 0 spiro atoms. The van der Waals surface area contributed by atoms with E-state index in [4.69, 9.17) is 16.9 Å². The van der Waals surface area contributed by atoms with Gasteiger partial charge >= 0.3 is 0 Å². The Kier molecular flexibility index (Phi) is 4.92. The first-order chi connectivity index (χ1) is 7.94. The van der Waals surface area contributed by atoms with Gasteiger partial charge in [0.15, 0.2) is 0 Å². The fourth-order valence-electron chi connectivity index (χ4n) is 1.40. The molecule has 1 aromatic rings. The van der Waals surface area contributed by atoms with Crippen molar-refractivity contribution in [3.05, 3.63) is 34.6 Å². The zero-order valence-electron chi connectivity index (χ0n) is 10.1. The van der Waals surface area contributed by atoms with Crippen LogP contribution in [0.15, 0.2) is 18.2 Å². The highest BCUT2D eigenvalue weighted by Gasteiger charge is 2.15. The molecule has 0 aliphatic heterocycles. The van der Waals surface area contributed by atoms with Gasteiger partial charge in [-0.25, -0.2) is 4.39 Å². The molecular weight excluding hydrogens is 239 g/mol. The van der Waals surface area contributed by atoms with Crippen LogP contribution in [0.1, 0.15) is 19.4 Å².